The fourth-order valence-electron chi connectivity index (χ4n) is 4.01. The van der Waals surface area contributed by atoms with Crippen LogP contribution in [0.25, 0.3) is 0 Å². The summed E-state index contributed by atoms with van der Waals surface area (Å²) in [4.78, 5) is 16.6. The molecule has 0 aromatic carbocycles. The van der Waals surface area contributed by atoms with Gasteiger partial charge in [0.25, 0.3) is 5.56 Å². The van der Waals surface area contributed by atoms with E-state index in [4.69, 9.17) is 5.10 Å². The Kier molecular flexibility index (Phi) is 5.25. The molecule has 0 saturated carbocycles. The number of allylic oxidation sites excluding steroid dienone is 4. The lowest BCUT2D eigenvalue weighted by atomic mass is 9.81. The number of nitrogens with one attached hydrogen (secondary N) is 1. The van der Waals surface area contributed by atoms with Crippen LogP contribution in [0.1, 0.15) is 56.5 Å². The van der Waals surface area contributed by atoms with Crippen molar-refractivity contribution in [3.05, 3.63) is 51.7 Å². The van der Waals surface area contributed by atoms with Gasteiger partial charge in [-0.15, -0.1) is 12.4 Å². The average Bonchev–Trinajstić information content (AvgIpc) is 2.99. The Hall–Kier alpha value is -1.72. The van der Waals surface area contributed by atoms with Crippen molar-refractivity contribution >= 4 is 18.1 Å². The van der Waals surface area contributed by atoms with E-state index in [0.717, 1.165) is 49.6 Å². The van der Waals surface area contributed by atoms with Crippen molar-refractivity contribution in [3.63, 3.8) is 0 Å². The van der Waals surface area contributed by atoms with Gasteiger partial charge in [-0.1, -0.05) is 31.6 Å². The second kappa shape index (κ2) is 7.26. The van der Waals surface area contributed by atoms with Crippen LogP contribution in [0, 0.1) is 5.92 Å². The minimum atomic E-state index is -0.135. The molecule has 0 bridgehead atoms. The van der Waals surface area contributed by atoms with E-state index < -0.39 is 0 Å². The number of aromatic nitrogens is 2. The highest BCUT2D eigenvalue weighted by Crippen LogP contribution is 2.39. The van der Waals surface area contributed by atoms with Gasteiger partial charge in [-0.25, -0.2) is 4.68 Å². The summed E-state index contributed by atoms with van der Waals surface area (Å²) in [5, 5.41) is 8.23. The molecule has 25 heavy (non-hydrogen) atoms. The van der Waals surface area contributed by atoms with Gasteiger partial charge in [-0.2, -0.15) is 10.1 Å². The maximum atomic E-state index is 12.3. The third kappa shape index (κ3) is 3.11. The number of piperidine rings is 1. The summed E-state index contributed by atoms with van der Waals surface area (Å²) in [6.45, 7) is 6.42. The van der Waals surface area contributed by atoms with Crippen molar-refractivity contribution in [1.29, 1.82) is 0 Å². The minimum Gasteiger partial charge on any atom is -0.317 e. The van der Waals surface area contributed by atoms with Gasteiger partial charge in [0.2, 0.25) is 0 Å². The van der Waals surface area contributed by atoms with Crippen LogP contribution in [0.2, 0.25) is 0 Å². The van der Waals surface area contributed by atoms with E-state index in [2.05, 4.69) is 42.4 Å². The molecule has 5 nitrogen and oxygen atoms in total. The van der Waals surface area contributed by atoms with E-state index in [1.165, 1.54) is 5.57 Å². The monoisotopic (exact) mass is 360 g/mol. The molecule has 1 aliphatic carbocycles. The zero-order chi connectivity index (χ0) is 16.7. The lowest BCUT2D eigenvalue weighted by molar-refractivity contribution is 0.439. The Balaban J connectivity index is 0.00000182. The summed E-state index contributed by atoms with van der Waals surface area (Å²) in [7, 11) is 0. The van der Waals surface area contributed by atoms with Gasteiger partial charge in [-0.3, -0.25) is 4.79 Å². The van der Waals surface area contributed by atoms with Crippen LogP contribution < -0.4 is 10.9 Å². The van der Waals surface area contributed by atoms with Crippen molar-refractivity contribution in [2.75, 3.05) is 13.1 Å². The topological polar surface area (TPSA) is 59.3 Å². The number of fused-ring (bicyclic) bond motifs is 3. The summed E-state index contributed by atoms with van der Waals surface area (Å²) in [6.07, 6.45) is 9.47. The predicted molar refractivity (Wildman–Crippen MR) is 103 cm³/mol. The molecule has 1 aromatic heterocycles. The highest BCUT2D eigenvalue weighted by atomic mass is 35.5. The Morgan fingerprint density at radius 2 is 2.12 bits per heavy atom. The molecule has 1 N–H and O–H groups in total. The zero-order valence-corrected chi connectivity index (χ0v) is 15.6. The third-order valence-electron chi connectivity index (χ3n) is 5.55. The largest absolute Gasteiger partial charge is 0.317 e. The van der Waals surface area contributed by atoms with Crippen LogP contribution >= 0.6 is 12.4 Å². The molecule has 4 rings (SSSR count). The second-order valence-electron chi connectivity index (χ2n) is 7.01. The summed E-state index contributed by atoms with van der Waals surface area (Å²) >= 11 is 0. The molecule has 1 saturated heterocycles. The molecule has 2 atom stereocenters. The fraction of sp³-hybridized carbons (Fsp3) is 0.526. The SMILES string of the molecule is CCC(C)C1=CC=CC2=Nn3c(C4CCNCC4)cc(=O)nc3C12.Cl. The predicted octanol–water partition coefficient (Wildman–Crippen LogP) is 2.98. The van der Waals surface area contributed by atoms with Crippen molar-refractivity contribution in [2.24, 2.45) is 11.0 Å². The van der Waals surface area contributed by atoms with Crippen LogP contribution in [0.15, 0.2) is 39.8 Å². The molecule has 1 aromatic rings. The Labute approximate surface area is 154 Å². The highest BCUT2D eigenvalue weighted by Gasteiger charge is 2.36. The summed E-state index contributed by atoms with van der Waals surface area (Å²) in [5.74, 6) is 1.68. The van der Waals surface area contributed by atoms with E-state index in [9.17, 15) is 4.79 Å². The van der Waals surface area contributed by atoms with Crippen molar-refractivity contribution in [2.45, 2.75) is 44.9 Å². The molecule has 6 heteroatoms. The number of rotatable bonds is 3. The van der Waals surface area contributed by atoms with Crippen molar-refractivity contribution in [1.82, 2.24) is 15.0 Å². The molecule has 3 heterocycles. The van der Waals surface area contributed by atoms with Gasteiger partial charge < -0.3 is 5.32 Å². The lowest BCUT2D eigenvalue weighted by Crippen LogP contribution is -2.29. The number of nitrogens with zero attached hydrogens (tertiary/aromatic N) is 3. The van der Waals surface area contributed by atoms with E-state index >= 15 is 0 Å². The Morgan fingerprint density at radius 1 is 1.36 bits per heavy atom. The average molecular weight is 361 g/mol. The first-order chi connectivity index (χ1) is 11.7. The third-order valence-corrected chi connectivity index (χ3v) is 5.55. The summed E-state index contributed by atoms with van der Waals surface area (Å²) in [6, 6.07) is 1.69. The molecule has 2 aliphatic heterocycles. The molecule has 2 unspecified atom stereocenters. The zero-order valence-electron chi connectivity index (χ0n) is 14.7. The van der Waals surface area contributed by atoms with Gasteiger partial charge in [0, 0.05) is 12.0 Å². The minimum absolute atomic E-state index is 0. The first-order valence-electron chi connectivity index (χ1n) is 9.00. The van der Waals surface area contributed by atoms with E-state index in [1.54, 1.807) is 6.07 Å². The first kappa shape index (κ1) is 18.1. The molecule has 1 fully saturated rings. The van der Waals surface area contributed by atoms with E-state index in [-0.39, 0.29) is 23.9 Å². The summed E-state index contributed by atoms with van der Waals surface area (Å²) < 4.78 is 1.96. The van der Waals surface area contributed by atoms with Gasteiger partial charge >= 0.3 is 0 Å². The van der Waals surface area contributed by atoms with Crippen LogP contribution in [0.4, 0.5) is 0 Å². The lowest BCUT2D eigenvalue weighted by Gasteiger charge is -2.25. The molecule has 134 valence electrons. The standard InChI is InChI=1S/C19H24N4O.ClH/c1-3-12(2)14-5-4-6-15-18(14)19-21-17(24)11-16(23(19)22-15)13-7-9-20-10-8-13;/h4-6,11-13,18,20H,3,7-10H2,1-2H3;1H. The van der Waals surface area contributed by atoms with Gasteiger partial charge in [0.15, 0.2) is 0 Å². The van der Waals surface area contributed by atoms with Gasteiger partial charge in [0.1, 0.15) is 5.82 Å². The first-order valence-corrected chi connectivity index (χ1v) is 9.00. The van der Waals surface area contributed by atoms with Gasteiger partial charge in [-0.05, 0) is 44.3 Å². The van der Waals surface area contributed by atoms with Crippen molar-refractivity contribution in [3.8, 4) is 0 Å². The molecule has 0 radical (unpaired) electrons. The molecular formula is C19H25ClN4O. The molecular weight excluding hydrogens is 336 g/mol. The maximum Gasteiger partial charge on any atom is 0.273 e. The van der Waals surface area contributed by atoms with E-state index in [1.807, 2.05) is 4.68 Å². The number of hydrogen-bond donors (Lipinski definition) is 1. The van der Waals surface area contributed by atoms with E-state index in [0.29, 0.717) is 11.8 Å². The highest BCUT2D eigenvalue weighted by molar-refractivity contribution is 6.04. The van der Waals surface area contributed by atoms with Crippen LogP contribution in [-0.4, -0.2) is 28.5 Å². The quantitative estimate of drug-likeness (QED) is 0.901. The van der Waals surface area contributed by atoms with Crippen LogP contribution in [0.3, 0.4) is 0 Å². The van der Waals surface area contributed by atoms with Crippen LogP contribution in [0.5, 0.6) is 0 Å². The smallest absolute Gasteiger partial charge is 0.273 e. The second-order valence-corrected chi connectivity index (χ2v) is 7.01. The Bertz CT molecular complexity index is 802. The maximum absolute atomic E-state index is 12.3. The number of hydrogen-bond acceptors (Lipinski definition) is 4. The van der Waals surface area contributed by atoms with Crippen molar-refractivity contribution < 1.29 is 0 Å². The molecule has 3 aliphatic rings. The Morgan fingerprint density at radius 3 is 2.84 bits per heavy atom. The van der Waals surface area contributed by atoms with Gasteiger partial charge in [0.05, 0.1) is 17.3 Å². The molecule has 0 spiro atoms. The normalized spacial score (nSPS) is 23.2. The summed E-state index contributed by atoms with van der Waals surface area (Å²) in [5.41, 5.74) is 3.23. The fourth-order valence-corrected chi connectivity index (χ4v) is 4.01. The number of halogens is 1. The molecule has 0 amide bonds. The van der Waals surface area contributed by atoms with Crippen LogP contribution in [-0.2, 0) is 0 Å².